The Labute approximate surface area is 176 Å². The normalized spacial score (nSPS) is 14.6. The molecule has 30 heavy (non-hydrogen) atoms. The van der Waals surface area contributed by atoms with Crippen LogP contribution in [0.1, 0.15) is 17.1 Å². The largest absolute Gasteiger partial charge is 0.353 e. The van der Waals surface area contributed by atoms with E-state index in [1.807, 2.05) is 26.0 Å². The summed E-state index contributed by atoms with van der Waals surface area (Å²) in [5, 5.41) is 8.85. The van der Waals surface area contributed by atoms with Crippen molar-refractivity contribution in [3.63, 3.8) is 0 Å². The molecule has 0 saturated carbocycles. The second kappa shape index (κ2) is 8.77. The zero-order valence-electron chi connectivity index (χ0n) is 17.2. The molecule has 0 atom stereocenters. The monoisotopic (exact) mass is 428 g/mol. The fourth-order valence-electron chi connectivity index (χ4n) is 3.30. The van der Waals surface area contributed by atoms with E-state index in [4.69, 9.17) is 5.26 Å². The van der Waals surface area contributed by atoms with E-state index >= 15 is 0 Å². The van der Waals surface area contributed by atoms with Crippen LogP contribution in [-0.2, 0) is 14.8 Å². The highest BCUT2D eigenvalue weighted by molar-refractivity contribution is 7.89. The van der Waals surface area contributed by atoms with Crippen LogP contribution >= 0.6 is 0 Å². The van der Waals surface area contributed by atoms with E-state index < -0.39 is 10.0 Å². The zero-order valence-corrected chi connectivity index (χ0v) is 18.1. The zero-order chi connectivity index (χ0) is 21.9. The number of piperazine rings is 1. The number of carbonyl (C=O) groups excluding carboxylic acids is 1. The first kappa shape index (κ1) is 21.7. The Kier molecular flexibility index (Phi) is 6.34. The van der Waals surface area contributed by atoms with Crippen molar-refractivity contribution in [1.29, 1.82) is 5.26 Å². The fraction of sp³-hybridized carbons (Fsp3) is 0.400. The molecule has 0 aliphatic carbocycles. The van der Waals surface area contributed by atoms with Gasteiger partial charge in [-0.25, -0.2) is 18.4 Å². The second-order valence-corrected chi connectivity index (χ2v) is 9.22. The summed E-state index contributed by atoms with van der Waals surface area (Å²) >= 11 is 0. The highest BCUT2D eigenvalue weighted by atomic mass is 32.2. The van der Waals surface area contributed by atoms with Crippen LogP contribution in [0.15, 0.2) is 35.2 Å². The first-order valence-electron chi connectivity index (χ1n) is 9.52. The predicted molar refractivity (Wildman–Crippen MR) is 111 cm³/mol. The fourth-order valence-corrected chi connectivity index (χ4v) is 4.42. The summed E-state index contributed by atoms with van der Waals surface area (Å²) in [6.07, 6.45) is 0. The number of sulfonamides is 1. The highest BCUT2D eigenvalue weighted by Crippen LogP contribution is 2.17. The van der Waals surface area contributed by atoms with Gasteiger partial charge < -0.3 is 9.80 Å². The minimum atomic E-state index is -3.81. The van der Waals surface area contributed by atoms with E-state index in [-0.39, 0.29) is 17.3 Å². The van der Waals surface area contributed by atoms with E-state index in [1.54, 1.807) is 4.90 Å². The number of carbonyl (C=O) groups is 1. The molecule has 2 heterocycles. The molecule has 3 rings (SSSR count). The van der Waals surface area contributed by atoms with Gasteiger partial charge >= 0.3 is 0 Å². The molecule has 1 fully saturated rings. The third-order valence-electron chi connectivity index (χ3n) is 4.96. The SMILES string of the molecule is Cc1cc(N2CCN(C(=O)CN(C)S(=O)(=O)c3ccc(C#N)cc3)CC2)nc(C)n1. The van der Waals surface area contributed by atoms with Gasteiger partial charge in [-0.1, -0.05) is 0 Å². The maximum absolute atomic E-state index is 12.7. The lowest BCUT2D eigenvalue weighted by Crippen LogP contribution is -2.51. The van der Waals surface area contributed by atoms with E-state index in [9.17, 15) is 13.2 Å². The summed E-state index contributed by atoms with van der Waals surface area (Å²) in [5.41, 5.74) is 1.27. The Hall–Kier alpha value is -3.03. The van der Waals surface area contributed by atoms with Crippen LogP contribution in [0, 0.1) is 25.2 Å². The van der Waals surface area contributed by atoms with Crippen molar-refractivity contribution in [3.05, 3.63) is 47.4 Å². The van der Waals surface area contributed by atoms with Crippen LogP contribution in [0.3, 0.4) is 0 Å². The molecule has 0 bridgehead atoms. The number of hydrogen-bond donors (Lipinski definition) is 0. The van der Waals surface area contributed by atoms with Gasteiger partial charge in [-0.05, 0) is 38.1 Å². The highest BCUT2D eigenvalue weighted by Gasteiger charge is 2.27. The van der Waals surface area contributed by atoms with E-state index in [0.717, 1.165) is 15.8 Å². The van der Waals surface area contributed by atoms with Crippen molar-refractivity contribution in [1.82, 2.24) is 19.2 Å². The minimum Gasteiger partial charge on any atom is -0.353 e. The molecule has 0 spiro atoms. The topological polar surface area (TPSA) is 110 Å². The summed E-state index contributed by atoms with van der Waals surface area (Å²) < 4.78 is 26.4. The molecule has 1 aliphatic heterocycles. The maximum atomic E-state index is 12.7. The number of nitriles is 1. The van der Waals surface area contributed by atoms with Crippen LogP contribution in [0.4, 0.5) is 5.82 Å². The summed E-state index contributed by atoms with van der Waals surface area (Å²) in [7, 11) is -2.43. The average molecular weight is 429 g/mol. The summed E-state index contributed by atoms with van der Waals surface area (Å²) in [5.74, 6) is 1.30. The van der Waals surface area contributed by atoms with Crippen molar-refractivity contribution in [2.24, 2.45) is 0 Å². The lowest BCUT2D eigenvalue weighted by molar-refractivity contribution is -0.131. The lowest BCUT2D eigenvalue weighted by Gasteiger charge is -2.36. The van der Waals surface area contributed by atoms with Crippen LogP contribution in [0.2, 0.25) is 0 Å². The summed E-state index contributed by atoms with van der Waals surface area (Å²) in [6.45, 7) is 5.75. The molecule has 10 heteroatoms. The molecular formula is C20H24N6O3S. The van der Waals surface area contributed by atoms with Crippen molar-refractivity contribution >= 4 is 21.7 Å². The van der Waals surface area contributed by atoms with Crippen LogP contribution in [-0.4, -0.2) is 73.3 Å². The molecule has 0 N–H and O–H groups in total. The van der Waals surface area contributed by atoms with E-state index in [0.29, 0.717) is 37.6 Å². The van der Waals surface area contributed by atoms with Gasteiger partial charge in [-0.2, -0.15) is 9.57 Å². The quantitative estimate of drug-likeness (QED) is 0.697. The van der Waals surface area contributed by atoms with E-state index in [2.05, 4.69) is 14.9 Å². The molecule has 2 aromatic rings. The Bertz CT molecular complexity index is 1050. The molecule has 0 unspecified atom stereocenters. The van der Waals surface area contributed by atoms with Crippen molar-refractivity contribution in [2.75, 3.05) is 44.7 Å². The molecule has 1 aromatic heterocycles. The number of amides is 1. The Morgan fingerprint density at radius 3 is 2.33 bits per heavy atom. The van der Waals surface area contributed by atoms with Crippen molar-refractivity contribution in [2.45, 2.75) is 18.7 Å². The smallest absolute Gasteiger partial charge is 0.243 e. The van der Waals surface area contributed by atoms with E-state index in [1.165, 1.54) is 31.3 Å². The second-order valence-electron chi connectivity index (χ2n) is 7.18. The third kappa shape index (κ3) is 4.75. The molecule has 1 amide bonds. The van der Waals surface area contributed by atoms with Gasteiger partial charge in [0, 0.05) is 45.0 Å². The number of benzene rings is 1. The van der Waals surface area contributed by atoms with Gasteiger partial charge in [0.2, 0.25) is 15.9 Å². The van der Waals surface area contributed by atoms with Gasteiger partial charge in [-0.15, -0.1) is 0 Å². The molecule has 1 aromatic carbocycles. The van der Waals surface area contributed by atoms with Crippen LogP contribution < -0.4 is 4.90 Å². The van der Waals surface area contributed by atoms with Crippen LogP contribution in [0.5, 0.6) is 0 Å². The third-order valence-corrected chi connectivity index (χ3v) is 6.78. The minimum absolute atomic E-state index is 0.0520. The predicted octanol–water partition coefficient (Wildman–Crippen LogP) is 0.934. The number of likely N-dealkylation sites (N-methyl/N-ethyl adjacent to an activating group) is 1. The molecule has 0 radical (unpaired) electrons. The first-order valence-corrected chi connectivity index (χ1v) is 11.0. The van der Waals surface area contributed by atoms with Gasteiger partial charge in [0.05, 0.1) is 23.1 Å². The Morgan fingerprint density at radius 1 is 1.13 bits per heavy atom. The first-order chi connectivity index (χ1) is 14.2. The standard InChI is InChI=1S/C20H24N6O3S/c1-15-12-19(23-16(2)22-15)25-8-10-26(11-9-25)20(27)14-24(3)30(28,29)18-6-4-17(13-21)5-7-18/h4-7,12H,8-11,14H2,1-3H3. The van der Waals surface area contributed by atoms with Crippen molar-refractivity contribution < 1.29 is 13.2 Å². The summed E-state index contributed by atoms with van der Waals surface area (Å²) in [6, 6.07) is 9.50. The van der Waals surface area contributed by atoms with Gasteiger partial charge in [0.15, 0.2) is 0 Å². The Balaban J connectivity index is 1.60. The molecule has 158 valence electrons. The van der Waals surface area contributed by atoms with Gasteiger partial charge in [0.25, 0.3) is 0 Å². The molecule has 1 saturated heterocycles. The number of nitrogens with zero attached hydrogens (tertiary/aromatic N) is 6. The lowest BCUT2D eigenvalue weighted by atomic mass is 10.2. The Morgan fingerprint density at radius 2 is 1.77 bits per heavy atom. The maximum Gasteiger partial charge on any atom is 0.243 e. The molecular weight excluding hydrogens is 404 g/mol. The molecule has 1 aliphatic rings. The number of rotatable bonds is 5. The number of aryl methyl sites for hydroxylation is 2. The molecule has 9 nitrogen and oxygen atoms in total. The van der Waals surface area contributed by atoms with Gasteiger partial charge in [0.1, 0.15) is 11.6 Å². The summed E-state index contributed by atoms with van der Waals surface area (Å²) in [4.78, 5) is 25.2. The van der Waals surface area contributed by atoms with Gasteiger partial charge in [-0.3, -0.25) is 4.79 Å². The average Bonchev–Trinajstić information content (AvgIpc) is 2.73. The van der Waals surface area contributed by atoms with Crippen LogP contribution in [0.25, 0.3) is 0 Å². The van der Waals surface area contributed by atoms with Crippen molar-refractivity contribution in [3.8, 4) is 6.07 Å². The number of anilines is 1. The number of hydrogen-bond acceptors (Lipinski definition) is 7. The number of aromatic nitrogens is 2.